The van der Waals surface area contributed by atoms with Gasteiger partial charge >= 0.3 is 0 Å². The highest BCUT2D eigenvalue weighted by Crippen LogP contribution is 2.29. The van der Waals surface area contributed by atoms with Crippen LogP contribution in [-0.4, -0.2) is 34.9 Å². The lowest BCUT2D eigenvalue weighted by molar-refractivity contribution is -0.0918. The number of ether oxygens (including phenoxy) is 1. The van der Waals surface area contributed by atoms with Crippen molar-refractivity contribution < 1.29 is 9.84 Å². The molecule has 0 radical (unpaired) electrons. The van der Waals surface area contributed by atoms with Gasteiger partial charge in [0, 0.05) is 0 Å². The van der Waals surface area contributed by atoms with Crippen LogP contribution in [0.25, 0.3) is 0 Å². The van der Waals surface area contributed by atoms with E-state index in [1.807, 2.05) is 11.8 Å². The summed E-state index contributed by atoms with van der Waals surface area (Å²) in [6.45, 7) is 0.572. The predicted octanol–water partition coefficient (Wildman–Crippen LogP) is 2.59. The maximum Gasteiger partial charge on any atom is 0.0880 e. The molecule has 1 aliphatic carbocycles. The van der Waals surface area contributed by atoms with Gasteiger partial charge in [-0.3, -0.25) is 0 Å². The molecule has 1 N–H and O–H groups in total. The van der Waals surface area contributed by atoms with Gasteiger partial charge in [0.1, 0.15) is 0 Å². The zero-order chi connectivity index (χ0) is 10.6. The van der Waals surface area contributed by atoms with E-state index in [1.165, 1.54) is 43.6 Å². The summed E-state index contributed by atoms with van der Waals surface area (Å²) in [5.41, 5.74) is -0.497. The second kappa shape index (κ2) is 5.55. The third-order valence-electron chi connectivity index (χ3n) is 3.54. The van der Waals surface area contributed by atoms with Crippen molar-refractivity contribution in [3.8, 4) is 0 Å². The molecule has 3 heteroatoms. The summed E-state index contributed by atoms with van der Waals surface area (Å²) in [7, 11) is 0. The molecule has 2 nitrogen and oxygen atoms in total. The maximum atomic E-state index is 10.3. The lowest BCUT2D eigenvalue weighted by Gasteiger charge is -2.34. The first-order valence-corrected chi connectivity index (χ1v) is 7.36. The number of hydrogen-bond acceptors (Lipinski definition) is 3. The van der Waals surface area contributed by atoms with Crippen molar-refractivity contribution in [3.63, 3.8) is 0 Å². The summed E-state index contributed by atoms with van der Waals surface area (Å²) < 4.78 is 5.86. The molecule has 0 aromatic heterocycles. The van der Waals surface area contributed by atoms with E-state index < -0.39 is 5.60 Å². The lowest BCUT2D eigenvalue weighted by atomic mass is 9.85. The molecule has 15 heavy (non-hydrogen) atoms. The number of hydrogen-bond donors (Lipinski definition) is 1. The topological polar surface area (TPSA) is 29.5 Å². The maximum absolute atomic E-state index is 10.3. The van der Waals surface area contributed by atoms with Crippen molar-refractivity contribution in [3.05, 3.63) is 0 Å². The fourth-order valence-electron chi connectivity index (χ4n) is 2.47. The van der Waals surface area contributed by atoms with Gasteiger partial charge in [-0.2, -0.15) is 11.8 Å². The van der Waals surface area contributed by atoms with Crippen LogP contribution in [0.3, 0.4) is 0 Å². The molecular weight excluding hydrogens is 208 g/mol. The monoisotopic (exact) mass is 230 g/mol. The van der Waals surface area contributed by atoms with Gasteiger partial charge in [-0.25, -0.2) is 0 Å². The number of aliphatic hydroxyl groups is 1. The molecule has 0 unspecified atom stereocenters. The van der Waals surface area contributed by atoms with Crippen molar-refractivity contribution in [2.45, 2.75) is 56.7 Å². The highest BCUT2D eigenvalue weighted by atomic mass is 32.2. The summed E-state index contributed by atoms with van der Waals surface area (Å²) in [6.07, 6.45) is 8.24. The van der Waals surface area contributed by atoms with E-state index >= 15 is 0 Å². The summed E-state index contributed by atoms with van der Waals surface area (Å²) in [5, 5.41) is 10.3. The molecular formula is C12H22O2S. The molecule has 0 amide bonds. The van der Waals surface area contributed by atoms with Crippen LogP contribution in [0.2, 0.25) is 0 Å². The Morgan fingerprint density at radius 1 is 1.13 bits per heavy atom. The quantitative estimate of drug-likeness (QED) is 0.808. The number of thioether (sulfide) groups is 1. The first-order chi connectivity index (χ1) is 7.29. The molecule has 0 spiro atoms. The molecule has 2 aliphatic rings. The fraction of sp³-hybridized carbons (Fsp3) is 1.00. The van der Waals surface area contributed by atoms with Crippen molar-refractivity contribution in [2.24, 2.45) is 0 Å². The molecule has 2 rings (SSSR count). The normalized spacial score (nSPS) is 27.8. The molecule has 0 aromatic rings. The molecule has 0 aromatic carbocycles. The van der Waals surface area contributed by atoms with Crippen molar-refractivity contribution in [1.29, 1.82) is 0 Å². The second-order valence-corrected chi connectivity index (χ2v) is 6.13. The van der Waals surface area contributed by atoms with Crippen molar-refractivity contribution in [1.82, 2.24) is 0 Å². The van der Waals surface area contributed by atoms with Gasteiger partial charge < -0.3 is 9.84 Å². The van der Waals surface area contributed by atoms with Gasteiger partial charge in [-0.1, -0.05) is 19.3 Å². The highest BCUT2D eigenvalue weighted by Gasteiger charge is 2.30. The largest absolute Gasteiger partial charge is 0.387 e. The second-order valence-electron chi connectivity index (χ2n) is 4.91. The molecule has 1 aliphatic heterocycles. The van der Waals surface area contributed by atoms with E-state index in [0.29, 0.717) is 12.7 Å². The summed E-state index contributed by atoms with van der Waals surface area (Å²) in [5.74, 6) is 2.45. The third kappa shape index (κ3) is 3.65. The Balaban J connectivity index is 1.70. The molecule has 1 saturated carbocycles. The van der Waals surface area contributed by atoms with Crippen LogP contribution in [0, 0.1) is 0 Å². The molecule has 1 saturated heterocycles. The van der Waals surface area contributed by atoms with Crippen molar-refractivity contribution >= 4 is 11.8 Å². The Labute approximate surface area is 96.8 Å². The Hall–Kier alpha value is 0.270. The van der Waals surface area contributed by atoms with Crippen LogP contribution >= 0.6 is 11.8 Å². The Kier molecular flexibility index (Phi) is 4.35. The molecule has 2 fully saturated rings. The van der Waals surface area contributed by atoms with Crippen LogP contribution < -0.4 is 0 Å². The van der Waals surface area contributed by atoms with Crippen LogP contribution in [0.15, 0.2) is 0 Å². The highest BCUT2D eigenvalue weighted by molar-refractivity contribution is 7.99. The molecule has 88 valence electrons. The standard InChI is InChI=1S/C12H22O2S/c13-12(6-2-1-3-7-12)10-14-11-4-8-15-9-5-11/h11,13H,1-10H2. The van der Waals surface area contributed by atoms with Gasteiger partial charge in [0.05, 0.1) is 18.3 Å². The average Bonchev–Trinajstić information content (AvgIpc) is 2.29. The predicted molar refractivity (Wildman–Crippen MR) is 64.3 cm³/mol. The molecule has 0 bridgehead atoms. The van der Waals surface area contributed by atoms with Crippen LogP contribution in [0.5, 0.6) is 0 Å². The summed E-state index contributed by atoms with van der Waals surface area (Å²) in [4.78, 5) is 0. The van der Waals surface area contributed by atoms with E-state index in [2.05, 4.69) is 0 Å². The van der Waals surface area contributed by atoms with Crippen LogP contribution in [0.4, 0.5) is 0 Å². The minimum atomic E-state index is -0.497. The molecule has 1 heterocycles. The number of rotatable bonds is 3. The van der Waals surface area contributed by atoms with E-state index in [-0.39, 0.29) is 0 Å². The van der Waals surface area contributed by atoms with E-state index in [9.17, 15) is 5.11 Å². The third-order valence-corrected chi connectivity index (χ3v) is 4.59. The summed E-state index contributed by atoms with van der Waals surface area (Å²) >= 11 is 2.02. The van der Waals surface area contributed by atoms with Gasteiger partial charge in [0.15, 0.2) is 0 Å². The minimum Gasteiger partial charge on any atom is -0.387 e. The minimum absolute atomic E-state index is 0.414. The fourth-order valence-corrected chi connectivity index (χ4v) is 3.53. The molecule has 0 atom stereocenters. The van der Waals surface area contributed by atoms with Crippen molar-refractivity contribution in [2.75, 3.05) is 18.1 Å². The first-order valence-electron chi connectivity index (χ1n) is 6.20. The van der Waals surface area contributed by atoms with Gasteiger partial charge in [0.25, 0.3) is 0 Å². The SMILES string of the molecule is OC1(COC2CCSCC2)CCCCC1. The first kappa shape index (κ1) is 11.7. The van der Waals surface area contributed by atoms with E-state index in [1.54, 1.807) is 0 Å². The Bertz CT molecular complexity index is 184. The average molecular weight is 230 g/mol. The smallest absolute Gasteiger partial charge is 0.0880 e. The summed E-state index contributed by atoms with van der Waals surface area (Å²) in [6, 6.07) is 0. The van der Waals surface area contributed by atoms with Crippen LogP contribution in [-0.2, 0) is 4.74 Å². The zero-order valence-electron chi connectivity index (χ0n) is 9.41. The van der Waals surface area contributed by atoms with Gasteiger partial charge in [-0.15, -0.1) is 0 Å². The van der Waals surface area contributed by atoms with Crippen LogP contribution in [0.1, 0.15) is 44.9 Å². The Morgan fingerprint density at radius 3 is 2.47 bits per heavy atom. The lowest BCUT2D eigenvalue weighted by Crippen LogP contribution is -2.38. The van der Waals surface area contributed by atoms with E-state index in [4.69, 9.17) is 4.74 Å². The Morgan fingerprint density at radius 2 is 1.80 bits per heavy atom. The van der Waals surface area contributed by atoms with Gasteiger partial charge in [-0.05, 0) is 37.2 Å². The van der Waals surface area contributed by atoms with E-state index in [0.717, 1.165) is 12.8 Å². The zero-order valence-corrected chi connectivity index (χ0v) is 10.2. The van der Waals surface area contributed by atoms with Gasteiger partial charge in [0.2, 0.25) is 0 Å².